The van der Waals surface area contributed by atoms with Gasteiger partial charge in [-0.3, -0.25) is 0 Å². The number of aromatic nitrogens is 6. The second-order valence-corrected chi connectivity index (χ2v) is 9.42. The number of fused-ring (bicyclic) bond motifs is 3. The molecule has 0 aliphatic heterocycles. The molecule has 0 saturated heterocycles. The molecule has 174 valence electrons. The van der Waals surface area contributed by atoms with Crippen molar-refractivity contribution in [2.75, 3.05) is 0 Å². The molecule has 0 fully saturated rings. The van der Waals surface area contributed by atoms with E-state index in [4.69, 9.17) is 4.98 Å². The standard InChI is InChI=1S/C30H24N6/c1-17-31-24-9-6-20(14-27(24)33-17)12-19-4-3-5-23(13-19)30-35-26-11-8-22(16-29(26)36-30)21-7-10-25-28(15-21)34-18(2)32-25/h3-11,13-16H,12H2,1-2H3,(H,31,33)(H,32,34)(H,35,36). The maximum absolute atomic E-state index is 4.94. The summed E-state index contributed by atoms with van der Waals surface area (Å²) in [4.78, 5) is 24.1. The molecule has 6 heteroatoms. The Labute approximate surface area is 207 Å². The molecule has 0 aliphatic rings. The van der Waals surface area contributed by atoms with Crippen LogP contribution in [0.15, 0.2) is 78.9 Å². The molecule has 7 aromatic rings. The number of H-pyrrole nitrogens is 3. The molecule has 3 aromatic heterocycles. The second kappa shape index (κ2) is 7.92. The van der Waals surface area contributed by atoms with E-state index >= 15 is 0 Å². The Morgan fingerprint density at radius 2 is 1.22 bits per heavy atom. The van der Waals surface area contributed by atoms with Crippen LogP contribution in [0, 0.1) is 13.8 Å². The van der Waals surface area contributed by atoms with Crippen LogP contribution in [0.1, 0.15) is 22.8 Å². The number of hydrogen-bond acceptors (Lipinski definition) is 3. The molecule has 0 bridgehead atoms. The average molecular weight is 469 g/mol. The third-order valence-corrected chi connectivity index (χ3v) is 6.69. The van der Waals surface area contributed by atoms with Crippen LogP contribution < -0.4 is 0 Å². The molecule has 7 rings (SSSR count). The monoisotopic (exact) mass is 468 g/mol. The number of benzene rings is 4. The number of nitrogens with zero attached hydrogens (tertiary/aromatic N) is 3. The van der Waals surface area contributed by atoms with E-state index in [1.165, 1.54) is 11.1 Å². The fraction of sp³-hybridized carbons (Fsp3) is 0.100. The molecule has 0 atom stereocenters. The van der Waals surface area contributed by atoms with Gasteiger partial charge in [-0.2, -0.15) is 0 Å². The van der Waals surface area contributed by atoms with Gasteiger partial charge in [0.2, 0.25) is 0 Å². The summed E-state index contributed by atoms with van der Waals surface area (Å²) in [6.45, 7) is 3.96. The highest BCUT2D eigenvalue weighted by Gasteiger charge is 2.10. The van der Waals surface area contributed by atoms with Crippen molar-refractivity contribution in [2.24, 2.45) is 0 Å². The zero-order valence-corrected chi connectivity index (χ0v) is 20.1. The van der Waals surface area contributed by atoms with Crippen LogP contribution in [0.5, 0.6) is 0 Å². The van der Waals surface area contributed by atoms with Crippen LogP contribution in [0.4, 0.5) is 0 Å². The Balaban J connectivity index is 1.20. The number of hydrogen-bond donors (Lipinski definition) is 3. The summed E-state index contributed by atoms with van der Waals surface area (Å²) >= 11 is 0. The molecule has 3 N–H and O–H groups in total. The molecule has 0 unspecified atom stereocenters. The summed E-state index contributed by atoms with van der Waals surface area (Å²) in [5, 5.41) is 0. The molecule has 4 aromatic carbocycles. The lowest BCUT2D eigenvalue weighted by atomic mass is 10.0. The molecule has 6 nitrogen and oxygen atoms in total. The van der Waals surface area contributed by atoms with E-state index < -0.39 is 0 Å². The summed E-state index contributed by atoms with van der Waals surface area (Å²) in [5.74, 6) is 2.74. The van der Waals surface area contributed by atoms with Crippen molar-refractivity contribution in [3.05, 3.63) is 102 Å². The number of nitrogens with one attached hydrogen (secondary N) is 3. The number of aromatic amines is 3. The smallest absolute Gasteiger partial charge is 0.138 e. The van der Waals surface area contributed by atoms with Gasteiger partial charge in [-0.25, -0.2) is 15.0 Å². The average Bonchev–Trinajstić information content (AvgIpc) is 3.57. The lowest BCUT2D eigenvalue weighted by Gasteiger charge is -2.04. The second-order valence-electron chi connectivity index (χ2n) is 9.42. The fourth-order valence-electron chi connectivity index (χ4n) is 4.99. The summed E-state index contributed by atoms with van der Waals surface area (Å²) in [7, 11) is 0. The van der Waals surface area contributed by atoms with E-state index in [9.17, 15) is 0 Å². The lowest BCUT2D eigenvalue weighted by Crippen LogP contribution is -1.90. The Morgan fingerprint density at radius 1 is 0.528 bits per heavy atom. The third-order valence-electron chi connectivity index (χ3n) is 6.69. The van der Waals surface area contributed by atoms with E-state index in [1.54, 1.807) is 0 Å². The van der Waals surface area contributed by atoms with Gasteiger partial charge >= 0.3 is 0 Å². The van der Waals surface area contributed by atoms with Crippen LogP contribution in [0.25, 0.3) is 55.6 Å². The summed E-state index contributed by atoms with van der Waals surface area (Å²) in [6.07, 6.45) is 0.843. The van der Waals surface area contributed by atoms with Gasteiger partial charge in [0.25, 0.3) is 0 Å². The molecule has 0 spiro atoms. The van der Waals surface area contributed by atoms with Gasteiger partial charge in [-0.1, -0.05) is 36.4 Å². The van der Waals surface area contributed by atoms with Crippen LogP contribution >= 0.6 is 0 Å². The van der Waals surface area contributed by atoms with Crippen molar-refractivity contribution in [1.82, 2.24) is 29.9 Å². The number of imidazole rings is 3. The number of aryl methyl sites for hydroxylation is 2. The first kappa shape index (κ1) is 20.6. The fourth-order valence-corrected chi connectivity index (χ4v) is 4.99. The largest absolute Gasteiger partial charge is 0.342 e. The molecule has 0 amide bonds. The van der Waals surface area contributed by atoms with E-state index in [0.29, 0.717) is 0 Å². The van der Waals surface area contributed by atoms with E-state index in [2.05, 4.69) is 104 Å². The van der Waals surface area contributed by atoms with Crippen molar-refractivity contribution in [1.29, 1.82) is 0 Å². The topological polar surface area (TPSA) is 86.0 Å². The van der Waals surface area contributed by atoms with Gasteiger partial charge in [0.1, 0.15) is 17.5 Å². The van der Waals surface area contributed by atoms with Crippen molar-refractivity contribution in [2.45, 2.75) is 20.3 Å². The third kappa shape index (κ3) is 3.64. The van der Waals surface area contributed by atoms with Crippen LogP contribution in [-0.2, 0) is 6.42 Å². The minimum atomic E-state index is 0.843. The quantitative estimate of drug-likeness (QED) is 0.264. The van der Waals surface area contributed by atoms with Gasteiger partial charge in [0, 0.05) is 5.56 Å². The van der Waals surface area contributed by atoms with Gasteiger partial charge < -0.3 is 15.0 Å². The Kier molecular flexibility index (Phi) is 4.54. The molecular formula is C30H24N6. The van der Waals surface area contributed by atoms with Crippen LogP contribution in [0.3, 0.4) is 0 Å². The first-order valence-electron chi connectivity index (χ1n) is 12.1. The summed E-state index contributed by atoms with van der Waals surface area (Å²) < 4.78 is 0. The Bertz CT molecular complexity index is 1900. The van der Waals surface area contributed by atoms with Crippen molar-refractivity contribution in [3.8, 4) is 22.5 Å². The normalized spacial score (nSPS) is 11.7. The molecule has 0 saturated carbocycles. The highest BCUT2D eigenvalue weighted by atomic mass is 14.9. The van der Waals surface area contributed by atoms with Gasteiger partial charge in [0.05, 0.1) is 33.1 Å². The minimum Gasteiger partial charge on any atom is -0.342 e. The first-order valence-corrected chi connectivity index (χ1v) is 12.1. The van der Waals surface area contributed by atoms with Gasteiger partial charge in [0.15, 0.2) is 0 Å². The Morgan fingerprint density at radius 3 is 2.14 bits per heavy atom. The van der Waals surface area contributed by atoms with Crippen molar-refractivity contribution < 1.29 is 0 Å². The molecule has 36 heavy (non-hydrogen) atoms. The zero-order valence-electron chi connectivity index (χ0n) is 20.1. The van der Waals surface area contributed by atoms with E-state index in [1.807, 2.05) is 13.8 Å². The van der Waals surface area contributed by atoms with E-state index in [-0.39, 0.29) is 0 Å². The Hall–Kier alpha value is -4.71. The molecule has 0 radical (unpaired) electrons. The minimum absolute atomic E-state index is 0.843. The van der Waals surface area contributed by atoms with E-state index in [0.717, 1.165) is 73.7 Å². The first-order chi connectivity index (χ1) is 17.6. The van der Waals surface area contributed by atoms with Crippen molar-refractivity contribution in [3.63, 3.8) is 0 Å². The van der Waals surface area contributed by atoms with Crippen LogP contribution in [-0.4, -0.2) is 29.9 Å². The highest BCUT2D eigenvalue weighted by molar-refractivity contribution is 5.87. The zero-order chi connectivity index (χ0) is 24.2. The summed E-state index contributed by atoms with van der Waals surface area (Å²) in [5.41, 5.74) is 11.9. The molecule has 0 aliphatic carbocycles. The SMILES string of the molecule is Cc1nc2cc(Cc3cccc(-c4nc5cc(-c6ccc7nc(C)[nH]c7c6)ccc5[nH]4)c3)ccc2[nH]1. The van der Waals surface area contributed by atoms with Gasteiger partial charge in [-0.15, -0.1) is 0 Å². The predicted octanol–water partition coefficient (Wildman–Crippen LogP) is 6.86. The maximum Gasteiger partial charge on any atom is 0.138 e. The predicted molar refractivity (Wildman–Crippen MR) is 145 cm³/mol. The maximum atomic E-state index is 4.94. The highest BCUT2D eigenvalue weighted by Crippen LogP contribution is 2.28. The van der Waals surface area contributed by atoms with Crippen LogP contribution in [0.2, 0.25) is 0 Å². The number of rotatable bonds is 4. The van der Waals surface area contributed by atoms with Crippen molar-refractivity contribution >= 4 is 33.1 Å². The molecular weight excluding hydrogens is 444 g/mol. The molecule has 3 heterocycles. The van der Waals surface area contributed by atoms with Gasteiger partial charge in [-0.05, 0) is 85.0 Å². The lowest BCUT2D eigenvalue weighted by molar-refractivity contribution is 1.17. The summed E-state index contributed by atoms with van der Waals surface area (Å²) in [6, 6.07) is 27.7.